The van der Waals surface area contributed by atoms with Gasteiger partial charge in [0.15, 0.2) is 0 Å². The monoisotopic (exact) mass is 370 g/mol. The van der Waals surface area contributed by atoms with Gasteiger partial charge in [-0.25, -0.2) is 0 Å². The van der Waals surface area contributed by atoms with Crippen molar-refractivity contribution in [2.24, 2.45) is 0 Å². The molecule has 0 amide bonds. The van der Waals surface area contributed by atoms with Gasteiger partial charge in [0, 0.05) is 22.9 Å². The van der Waals surface area contributed by atoms with Gasteiger partial charge in [-0.05, 0) is 63.3 Å². The molecule has 0 atom stereocenters. The molecule has 0 bridgehead atoms. The quantitative estimate of drug-likeness (QED) is 0.465. The van der Waals surface area contributed by atoms with Crippen LogP contribution in [0.4, 0.5) is 0 Å². The number of hydrogen-bond acceptors (Lipinski definition) is 5. The number of hydrogen-bond donors (Lipinski definition) is 2. The van der Waals surface area contributed by atoms with Crippen LogP contribution in [0.1, 0.15) is 26.7 Å². The summed E-state index contributed by atoms with van der Waals surface area (Å²) in [5.74, 6) is 1.69. The molecule has 0 aliphatic rings. The van der Waals surface area contributed by atoms with Gasteiger partial charge in [-0.1, -0.05) is 13.8 Å². The number of nitrogens with one attached hydrogen (secondary N) is 2. The van der Waals surface area contributed by atoms with Gasteiger partial charge >= 0.3 is 0 Å². The second-order valence-electron chi connectivity index (χ2n) is 6.53. The molecule has 1 aromatic heterocycles. The third-order valence-corrected chi connectivity index (χ3v) is 4.45. The van der Waals surface area contributed by atoms with Crippen LogP contribution >= 0.6 is 0 Å². The van der Waals surface area contributed by atoms with Crippen molar-refractivity contribution in [1.82, 2.24) is 10.6 Å². The fraction of sp³-hybridized carbons (Fsp3) is 0.455. The van der Waals surface area contributed by atoms with Crippen LogP contribution in [-0.4, -0.2) is 39.4 Å². The minimum Gasteiger partial charge on any atom is -0.493 e. The number of ether oxygens (including phenoxy) is 2. The highest BCUT2D eigenvalue weighted by Gasteiger charge is 2.09. The largest absolute Gasteiger partial charge is 0.493 e. The molecule has 0 aliphatic heterocycles. The van der Waals surface area contributed by atoms with Crippen LogP contribution in [0.15, 0.2) is 40.8 Å². The van der Waals surface area contributed by atoms with Crippen molar-refractivity contribution >= 4 is 21.9 Å². The molecule has 0 unspecified atom stereocenters. The van der Waals surface area contributed by atoms with E-state index in [-0.39, 0.29) is 0 Å². The lowest BCUT2D eigenvalue weighted by atomic mass is 10.1. The van der Waals surface area contributed by atoms with Crippen molar-refractivity contribution < 1.29 is 13.9 Å². The van der Waals surface area contributed by atoms with E-state index in [1.165, 1.54) is 0 Å². The van der Waals surface area contributed by atoms with Crippen molar-refractivity contribution in [3.63, 3.8) is 0 Å². The fourth-order valence-electron chi connectivity index (χ4n) is 3.05. The summed E-state index contributed by atoms with van der Waals surface area (Å²) in [6.45, 7) is 9.54. The second kappa shape index (κ2) is 10.2. The minimum absolute atomic E-state index is 0.698. The molecule has 3 rings (SSSR count). The summed E-state index contributed by atoms with van der Waals surface area (Å²) in [4.78, 5) is 0. The smallest absolute Gasteiger partial charge is 0.139 e. The highest BCUT2D eigenvalue weighted by Crippen LogP contribution is 2.33. The lowest BCUT2D eigenvalue weighted by molar-refractivity contribution is 0.308. The van der Waals surface area contributed by atoms with Gasteiger partial charge in [0.1, 0.15) is 22.7 Å². The Labute approximate surface area is 161 Å². The molecule has 0 spiro atoms. The fourth-order valence-corrected chi connectivity index (χ4v) is 3.05. The second-order valence-corrected chi connectivity index (χ2v) is 6.53. The summed E-state index contributed by atoms with van der Waals surface area (Å²) in [7, 11) is 0. The Hall–Kier alpha value is -2.24. The maximum atomic E-state index is 6.04. The third kappa shape index (κ3) is 5.37. The molecule has 0 aliphatic carbocycles. The Morgan fingerprint density at radius 1 is 0.741 bits per heavy atom. The molecule has 5 nitrogen and oxygen atoms in total. The van der Waals surface area contributed by atoms with Crippen molar-refractivity contribution in [2.75, 3.05) is 39.4 Å². The van der Waals surface area contributed by atoms with Crippen LogP contribution in [0.2, 0.25) is 0 Å². The number of furan rings is 1. The zero-order valence-electron chi connectivity index (χ0n) is 16.3. The average Bonchev–Trinajstić information content (AvgIpc) is 3.04. The molecule has 2 N–H and O–H groups in total. The van der Waals surface area contributed by atoms with Crippen LogP contribution in [-0.2, 0) is 0 Å². The predicted octanol–water partition coefficient (Wildman–Crippen LogP) is 4.34. The Bertz CT molecular complexity index is 776. The van der Waals surface area contributed by atoms with Crippen LogP contribution in [0.3, 0.4) is 0 Å². The molecule has 0 radical (unpaired) electrons. The van der Waals surface area contributed by atoms with Crippen LogP contribution in [0.5, 0.6) is 11.5 Å². The molecule has 27 heavy (non-hydrogen) atoms. The molecule has 0 fully saturated rings. The number of benzene rings is 2. The number of fused-ring (bicyclic) bond motifs is 3. The van der Waals surface area contributed by atoms with Crippen molar-refractivity contribution in [1.29, 1.82) is 0 Å². The summed E-state index contributed by atoms with van der Waals surface area (Å²) in [5, 5.41) is 8.80. The normalized spacial score (nSPS) is 11.3. The average molecular weight is 370 g/mol. The molecular weight excluding hydrogens is 340 g/mol. The first-order valence-electron chi connectivity index (χ1n) is 9.95. The van der Waals surface area contributed by atoms with E-state index in [1.807, 2.05) is 24.3 Å². The minimum atomic E-state index is 0.698. The maximum absolute atomic E-state index is 6.04. The van der Waals surface area contributed by atoms with E-state index in [1.54, 1.807) is 0 Å². The Kier molecular flexibility index (Phi) is 7.36. The molecule has 2 aromatic carbocycles. The van der Waals surface area contributed by atoms with E-state index >= 15 is 0 Å². The van der Waals surface area contributed by atoms with E-state index in [0.29, 0.717) is 13.2 Å². The maximum Gasteiger partial charge on any atom is 0.139 e. The van der Waals surface area contributed by atoms with Gasteiger partial charge in [0.05, 0.1) is 13.2 Å². The summed E-state index contributed by atoms with van der Waals surface area (Å²) >= 11 is 0. The zero-order chi connectivity index (χ0) is 18.9. The number of rotatable bonds is 12. The highest BCUT2D eigenvalue weighted by molar-refractivity contribution is 6.05. The predicted molar refractivity (Wildman–Crippen MR) is 111 cm³/mol. The first-order valence-corrected chi connectivity index (χ1v) is 9.95. The van der Waals surface area contributed by atoms with Gasteiger partial charge in [-0.3, -0.25) is 0 Å². The van der Waals surface area contributed by atoms with Crippen LogP contribution < -0.4 is 20.1 Å². The van der Waals surface area contributed by atoms with Gasteiger partial charge < -0.3 is 24.5 Å². The summed E-state index contributed by atoms with van der Waals surface area (Å²) < 4.78 is 17.7. The topological polar surface area (TPSA) is 55.7 Å². The summed E-state index contributed by atoms with van der Waals surface area (Å²) in [6, 6.07) is 12.1. The first kappa shape index (κ1) is 19.5. The molecular formula is C22H30N2O3. The SMILES string of the molecule is CCNCCCOc1ccc2c(c1)oc1cc(OCCCNCC)ccc12. The highest BCUT2D eigenvalue weighted by atomic mass is 16.5. The Morgan fingerprint density at radius 2 is 1.22 bits per heavy atom. The van der Waals surface area contributed by atoms with Gasteiger partial charge in [0.2, 0.25) is 0 Å². The van der Waals surface area contributed by atoms with Crippen LogP contribution in [0.25, 0.3) is 21.9 Å². The zero-order valence-corrected chi connectivity index (χ0v) is 16.3. The molecule has 1 heterocycles. The van der Waals surface area contributed by atoms with Crippen LogP contribution in [0, 0.1) is 0 Å². The van der Waals surface area contributed by atoms with Gasteiger partial charge in [-0.15, -0.1) is 0 Å². The van der Waals surface area contributed by atoms with Gasteiger partial charge in [-0.2, -0.15) is 0 Å². The Balaban J connectivity index is 1.64. The van der Waals surface area contributed by atoms with Crippen molar-refractivity contribution in [3.05, 3.63) is 36.4 Å². The van der Waals surface area contributed by atoms with Gasteiger partial charge in [0.25, 0.3) is 0 Å². The molecule has 146 valence electrons. The lowest BCUT2D eigenvalue weighted by Gasteiger charge is -2.06. The molecule has 0 saturated carbocycles. The molecule has 3 aromatic rings. The standard InChI is InChI=1S/C22H30N2O3/c1-3-23-11-5-13-25-17-7-9-19-20-10-8-18(26-14-6-12-24-4-2)16-22(20)27-21(19)15-17/h7-10,15-16,23-24H,3-6,11-14H2,1-2H3. The Morgan fingerprint density at radius 3 is 1.67 bits per heavy atom. The molecule has 0 saturated heterocycles. The molecule has 5 heteroatoms. The third-order valence-electron chi connectivity index (χ3n) is 4.45. The van der Waals surface area contributed by atoms with E-state index < -0.39 is 0 Å². The summed E-state index contributed by atoms with van der Waals surface area (Å²) in [5.41, 5.74) is 1.69. The first-order chi connectivity index (χ1) is 13.3. The summed E-state index contributed by atoms with van der Waals surface area (Å²) in [6.07, 6.45) is 1.97. The lowest BCUT2D eigenvalue weighted by Crippen LogP contribution is -2.16. The van der Waals surface area contributed by atoms with Crippen molar-refractivity contribution in [2.45, 2.75) is 26.7 Å². The van der Waals surface area contributed by atoms with E-state index in [4.69, 9.17) is 13.9 Å². The van der Waals surface area contributed by atoms with Crippen molar-refractivity contribution in [3.8, 4) is 11.5 Å². The van der Waals surface area contributed by atoms with E-state index in [9.17, 15) is 0 Å². The van der Waals surface area contributed by atoms with E-state index in [0.717, 1.165) is 72.5 Å². The van der Waals surface area contributed by atoms with E-state index in [2.05, 4.69) is 36.6 Å².